The summed E-state index contributed by atoms with van der Waals surface area (Å²) in [5, 5.41) is 11.6. The zero-order valence-electron chi connectivity index (χ0n) is 15.3. The lowest BCUT2D eigenvalue weighted by Crippen LogP contribution is -2.31. The van der Waals surface area contributed by atoms with Crippen molar-refractivity contribution in [2.75, 3.05) is 13.1 Å². The predicted octanol–water partition coefficient (Wildman–Crippen LogP) is 2.20. The van der Waals surface area contributed by atoms with Crippen LogP contribution in [0, 0.1) is 17.6 Å². The van der Waals surface area contributed by atoms with Gasteiger partial charge in [0.1, 0.15) is 5.82 Å². The first-order chi connectivity index (χ1) is 13.0. The van der Waals surface area contributed by atoms with E-state index in [2.05, 4.69) is 20.4 Å². The van der Waals surface area contributed by atoms with Crippen LogP contribution in [-0.2, 0) is 24.3 Å². The van der Waals surface area contributed by atoms with E-state index in [0.717, 1.165) is 30.6 Å². The maximum Gasteiger partial charge on any atom is 0.223 e. The second-order valence-corrected chi connectivity index (χ2v) is 7.37. The van der Waals surface area contributed by atoms with Gasteiger partial charge in [-0.15, -0.1) is 10.2 Å². The summed E-state index contributed by atoms with van der Waals surface area (Å²) in [6.07, 6.45) is 2.59. The van der Waals surface area contributed by atoms with Crippen molar-refractivity contribution in [3.8, 4) is 0 Å². The number of rotatable bonds is 5. The minimum absolute atomic E-state index is 0.0803. The zero-order valence-corrected chi connectivity index (χ0v) is 15.3. The lowest BCUT2D eigenvalue weighted by Gasteiger charge is -2.20. The van der Waals surface area contributed by atoms with E-state index in [0.29, 0.717) is 38.2 Å². The molecule has 6 nitrogen and oxygen atoms in total. The number of benzene rings is 1. The van der Waals surface area contributed by atoms with Gasteiger partial charge in [-0.1, -0.05) is 12.1 Å². The zero-order chi connectivity index (χ0) is 19.0. The Morgan fingerprint density at radius 2 is 2.07 bits per heavy atom. The molecule has 144 valence electrons. The number of hydrogen-bond acceptors (Lipinski definition) is 4. The molecule has 2 aromatic rings. The van der Waals surface area contributed by atoms with Crippen LogP contribution < -0.4 is 5.32 Å². The van der Waals surface area contributed by atoms with Crippen molar-refractivity contribution in [2.24, 2.45) is 5.92 Å². The number of fused-ring (bicyclic) bond motifs is 1. The molecular weight excluding hydrogens is 352 g/mol. The van der Waals surface area contributed by atoms with E-state index in [1.165, 1.54) is 6.07 Å². The molecule has 1 aliphatic heterocycles. The van der Waals surface area contributed by atoms with E-state index in [1.54, 1.807) is 6.07 Å². The number of carbonyl (C=O) groups excluding carboxylic acids is 1. The van der Waals surface area contributed by atoms with E-state index in [1.807, 2.05) is 11.5 Å². The molecule has 27 heavy (non-hydrogen) atoms. The molecule has 2 aliphatic rings. The van der Waals surface area contributed by atoms with E-state index < -0.39 is 11.6 Å². The van der Waals surface area contributed by atoms with Crippen molar-refractivity contribution in [1.29, 1.82) is 0 Å². The normalized spacial score (nSPS) is 18.6. The van der Waals surface area contributed by atoms with Gasteiger partial charge in [0.25, 0.3) is 0 Å². The van der Waals surface area contributed by atoms with E-state index in [9.17, 15) is 13.6 Å². The number of aromatic nitrogens is 3. The van der Waals surface area contributed by atoms with Crippen molar-refractivity contribution in [3.63, 3.8) is 0 Å². The van der Waals surface area contributed by atoms with Gasteiger partial charge in [0, 0.05) is 44.1 Å². The molecule has 1 aromatic carbocycles. The largest absolute Gasteiger partial charge is 0.346 e. The summed E-state index contributed by atoms with van der Waals surface area (Å²) < 4.78 is 29.4. The minimum Gasteiger partial charge on any atom is -0.346 e. The Balaban J connectivity index is 1.43. The maximum absolute atomic E-state index is 14.0. The molecule has 1 atom stereocenters. The predicted molar refractivity (Wildman–Crippen MR) is 94.6 cm³/mol. The standard InChI is InChI=1S/C19H23F2N5O/c1-12(22-19(27)13-5-6-13)18-24-23-16-7-8-25(9-10-26(16)18)11-14-3-2-4-15(20)17(14)21/h2-4,12-13H,5-11H2,1H3,(H,22,27). The van der Waals surface area contributed by atoms with Gasteiger partial charge in [0.05, 0.1) is 6.04 Å². The molecule has 0 saturated heterocycles. The first kappa shape index (κ1) is 18.0. The fourth-order valence-corrected chi connectivity index (χ4v) is 3.52. The van der Waals surface area contributed by atoms with Crippen LogP contribution in [0.15, 0.2) is 18.2 Å². The van der Waals surface area contributed by atoms with Crippen LogP contribution in [0.5, 0.6) is 0 Å². The molecule has 2 heterocycles. The molecule has 0 radical (unpaired) electrons. The van der Waals surface area contributed by atoms with Gasteiger partial charge >= 0.3 is 0 Å². The SMILES string of the molecule is CC(NC(=O)C1CC1)c1nnc2n1CCN(Cc1cccc(F)c1F)CC2. The summed E-state index contributed by atoms with van der Waals surface area (Å²) in [7, 11) is 0. The highest BCUT2D eigenvalue weighted by Gasteiger charge is 2.31. The fourth-order valence-electron chi connectivity index (χ4n) is 3.52. The molecule has 4 rings (SSSR count). The Hall–Kier alpha value is -2.35. The lowest BCUT2D eigenvalue weighted by atomic mass is 10.2. The number of hydrogen-bond donors (Lipinski definition) is 1. The van der Waals surface area contributed by atoms with Crippen molar-refractivity contribution in [2.45, 2.75) is 45.3 Å². The third-order valence-corrected chi connectivity index (χ3v) is 5.27. The molecule has 1 aromatic heterocycles. The van der Waals surface area contributed by atoms with Gasteiger partial charge in [-0.25, -0.2) is 8.78 Å². The summed E-state index contributed by atoms with van der Waals surface area (Å²) in [6.45, 7) is 4.29. The monoisotopic (exact) mass is 375 g/mol. The van der Waals surface area contributed by atoms with E-state index in [-0.39, 0.29) is 17.9 Å². The van der Waals surface area contributed by atoms with E-state index >= 15 is 0 Å². The molecule has 1 aliphatic carbocycles. The fraction of sp³-hybridized carbons (Fsp3) is 0.526. The van der Waals surface area contributed by atoms with Crippen molar-refractivity contribution in [3.05, 3.63) is 47.0 Å². The molecule has 1 unspecified atom stereocenters. The Morgan fingerprint density at radius 1 is 1.26 bits per heavy atom. The summed E-state index contributed by atoms with van der Waals surface area (Å²) in [4.78, 5) is 14.1. The third-order valence-electron chi connectivity index (χ3n) is 5.27. The summed E-state index contributed by atoms with van der Waals surface area (Å²) in [6, 6.07) is 4.07. The van der Waals surface area contributed by atoms with Crippen LogP contribution in [-0.4, -0.2) is 38.7 Å². The van der Waals surface area contributed by atoms with Gasteiger partial charge in [0.2, 0.25) is 5.91 Å². The van der Waals surface area contributed by atoms with Crippen LogP contribution in [0.1, 0.15) is 43.0 Å². The van der Waals surface area contributed by atoms with Gasteiger partial charge in [0.15, 0.2) is 17.5 Å². The highest BCUT2D eigenvalue weighted by atomic mass is 19.2. The highest BCUT2D eigenvalue weighted by Crippen LogP contribution is 2.29. The number of nitrogens with one attached hydrogen (secondary N) is 1. The van der Waals surface area contributed by atoms with Gasteiger partial charge in [-0.2, -0.15) is 0 Å². The number of halogens is 2. The van der Waals surface area contributed by atoms with E-state index in [4.69, 9.17) is 0 Å². The Bertz CT molecular complexity index is 849. The Morgan fingerprint density at radius 3 is 2.85 bits per heavy atom. The molecule has 0 spiro atoms. The van der Waals surface area contributed by atoms with Gasteiger partial charge in [-0.05, 0) is 25.8 Å². The summed E-state index contributed by atoms with van der Waals surface area (Å²) in [5.74, 6) is 0.241. The van der Waals surface area contributed by atoms with Gasteiger partial charge < -0.3 is 9.88 Å². The van der Waals surface area contributed by atoms with Crippen LogP contribution in [0.25, 0.3) is 0 Å². The second-order valence-electron chi connectivity index (χ2n) is 7.37. The topological polar surface area (TPSA) is 63.1 Å². The lowest BCUT2D eigenvalue weighted by molar-refractivity contribution is -0.123. The minimum atomic E-state index is -0.818. The van der Waals surface area contributed by atoms with Crippen LogP contribution in [0.3, 0.4) is 0 Å². The Labute approximate surface area is 156 Å². The van der Waals surface area contributed by atoms with Crippen molar-refractivity contribution < 1.29 is 13.6 Å². The smallest absolute Gasteiger partial charge is 0.223 e. The summed E-state index contributed by atoms with van der Waals surface area (Å²) >= 11 is 0. The number of amides is 1. The molecular formula is C19H23F2N5O. The van der Waals surface area contributed by atoms with Crippen molar-refractivity contribution in [1.82, 2.24) is 25.0 Å². The first-order valence-electron chi connectivity index (χ1n) is 9.40. The quantitative estimate of drug-likeness (QED) is 0.870. The third kappa shape index (κ3) is 3.85. The number of carbonyl (C=O) groups is 1. The molecule has 1 saturated carbocycles. The van der Waals surface area contributed by atoms with Crippen LogP contribution in [0.4, 0.5) is 8.78 Å². The summed E-state index contributed by atoms with van der Waals surface area (Å²) in [5.41, 5.74) is 0.359. The van der Waals surface area contributed by atoms with Crippen molar-refractivity contribution >= 4 is 5.91 Å². The molecule has 0 bridgehead atoms. The molecule has 8 heteroatoms. The average Bonchev–Trinajstić information content (AvgIpc) is 3.44. The Kier molecular flexibility index (Phi) is 4.90. The second kappa shape index (κ2) is 7.34. The van der Waals surface area contributed by atoms with Crippen LogP contribution >= 0.6 is 0 Å². The molecule has 1 amide bonds. The highest BCUT2D eigenvalue weighted by molar-refractivity contribution is 5.81. The molecule has 1 fully saturated rings. The number of nitrogens with zero attached hydrogens (tertiary/aromatic N) is 4. The first-order valence-corrected chi connectivity index (χ1v) is 9.40. The van der Waals surface area contributed by atoms with Gasteiger partial charge in [-0.3, -0.25) is 9.69 Å². The maximum atomic E-state index is 14.0. The van der Waals surface area contributed by atoms with Crippen LogP contribution in [0.2, 0.25) is 0 Å². The average molecular weight is 375 g/mol. The molecule has 1 N–H and O–H groups in total.